The van der Waals surface area contributed by atoms with Crippen LogP contribution < -0.4 is 0 Å². The minimum atomic E-state index is -0.807. The summed E-state index contributed by atoms with van der Waals surface area (Å²) in [5, 5.41) is 8.63. The minimum Gasteiger partial charge on any atom is -0.481 e. The molecule has 1 aromatic rings. The third-order valence-corrected chi connectivity index (χ3v) is 2.39. The van der Waals surface area contributed by atoms with Crippen LogP contribution in [-0.2, 0) is 24.2 Å². The Morgan fingerprint density at radius 2 is 2.46 bits per heavy atom. The van der Waals surface area contributed by atoms with E-state index < -0.39 is 5.97 Å². The van der Waals surface area contributed by atoms with E-state index in [0.29, 0.717) is 5.82 Å². The van der Waals surface area contributed by atoms with Gasteiger partial charge in [0.15, 0.2) is 0 Å². The number of carbonyl (C=O) groups is 1. The van der Waals surface area contributed by atoms with E-state index in [4.69, 9.17) is 5.11 Å². The fourth-order valence-corrected chi connectivity index (χ4v) is 1.78. The highest BCUT2D eigenvalue weighted by Gasteiger charge is 2.15. The number of nitrogens with zero attached hydrogens (tertiary/aromatic N) is 2. The number of aromatic nitrogens is 2. The summed E-state index contributed by atoms with van der Waals surface area (Å²) in [5.41, 5.74) is 1.18. The van der Waals surface area contributed by atoms with Gasteiger partial charge >= 0.3 is 5.97 Å². The highest BCUT2D eigenvalue weighted by molar-refractivity contribution is 5.69. The zero-order valence-electron chi connectivity index (χ0n) is 7.36. The lowest BCUT2D eigenvalue weighted by atomic mass is 10.1. The maximum absolute atomic E-state index is 10.5. The molecule has 2 heterocycles. The third-order valence-electron chi connectivity index (χ3n) is 2.39. The predicted molar refractivity (Wildman–Crippen MR) is 46.5 cm³/mol. The molecule has 13 heavy (non-hydrogen) atoms. The van der Waals surface area contributed by atoms with Crippen LogP contribution >= 0.6 is 0 Å². The van der Waals surface area contributed by atoms with Gasteiger partial charge in [0.1, 0.15) is 12.2 Å². The lowest BCUT2D eigenvalue weighted by molar-refractivity contribution is -0.136. The Kier molecular flexibility index (Phi) is 2.04. The van der Waals surface area contributed by atoms with E-state index in [2.05, 4.69) is 4.98 Å². The number of carboxylic acids is 1. The normalized spacial score (nSPS) is 15.4. The van der Waals surface area contributed by atoms with Crippen molar-refractivity contribution in [2.24, 2.45) is 0 Å². The molecule has 0 unspecified atom stereocenters. The van der Waals surface area contributed by atoms with Gasteiger partial charge in [0.05, 0.1) is 0 Å². The molecule has 0 amide bonds. The molecule has 0 aromatic carbocycles. The predicted octanol–water partition coefficient (Wildman–Crippen LogP) is 0.846. The molecule has 4 nitrogen and oxygen atoms in total. The third kappa shape index (κ3) is 1.56. The van der Waals surface area contributed by atoms with Crippen LogP contribution in [0.25, 0.3) is 0 Å². The lowest BCUT2D eigenvalue weighted by Crippen LogP contribution is -2.15. The van der Waals surface area contributed by atoms with Crippen molar-refractivity contribution >= 4 is 5.97 Å². The maximum Gasteiger partial charge on any atom is 0.311 e. The molecule has 4 heteroatoms. The fourth-order valence-electron chi connectivity index (χ4n) is 1.78. The minimum absolute atomic E-state index is 0.0417. The molecule has 0 aliphatic carbocycles. The number of aryl methyl sites for hydroxylation is 1. The molecule has 0 atom stereocenters. The monoisotopic (exact) mass is 180 g/mol. The van der Waals surface area contributed by atoms with Crippen LogP contribution in [0.4, 0.5) is 0 Å². The summed E-state index contributed by atoms with van der Waals surface area (Å²) in [6.07, 6.45) is 5.21. The van der Waals surface area contributed by atoms with E-state index in [-0.39, 0.29) is 6.42 Å². The first-order valence-corrected chi connectivity index (χ1v) is 4.52. The average molecular weight is 180 g/mol. The molecular weight excluding hydrogens is 168 g/mol. The van der Waals surface area contributed by atoms with Gasteiger partial charge in [0, 0.05) is 18.4 Å². The molecule has 0 saturated carbocycles. The Labute approximate surface area is 76.2 Å². The van der Waals surface area contributed by atoms with Crippen molar-refractivity contribution in [1.29, 1.82) is 0 Å². The molecule has 1 N–H and O–H groups in total. The highest BCUT2D eigenvalue weighted by atomic mass is 16.4. The summed E-state index contributed by atoms with van der Waals surface area (Å²) >= 11 is 0. The van der Waals surface area contributed by atoms with Gasteiger partial charge in [-0.15, -0.1) is 0 Å². The van der Waals surface area contributed by atoms with Crippen molar-refractivity contribution in [3.63, 3.8) is 0 Å². The topological polar surface area (TPSA) is 55.1 Å². The molecule has 0 saturated heterocycles. The molecule has 1 aliphatic heterocycles. The standard InChI is InChI=1S/C9H12N2O2/c12-9(13)5-8-10-6-7-3-1-2-4-11(7)8/h6H,1-5H2,(H,12,13). The second-order valence-electron chi connectivity index (χ2n) is 3.35. The summed E-state index contributed by atoms with van der Waals surface area (Å²) in [4.78, 5) is 14.6. The maximum atomic E-state index is 10.5. The van der Waals surface area contributed by atoms with Gasteiger partial charge in [-0.1, -0.05) is 0 Å². The summed E-state index contributed by atoms with van der Waals surface area (Å²) < 4.78 is 2.04. The SMILES string of the molecule is O=C(O)Cc1ncc2n1CCCC2. The van der Waals surface area contributed by atoms with Crippen molar-refractivity contribution in [3.05, 3.63) is 17.7 Å². The van der Waals surface area contributed by atoms with Gasteiger partial charge in [-0.05, 0) is 19.3 Å². The zero-order chi connectivity index (χ0) is 9.26. The van der Waals surface area contributed by atoms with Crippen molar-refractivity contribution in [2.75, 3.05) is 0 Å². The smallest absolute Gasteiger partial charge is 0.311 e. The molecule has 70 valence electrons. The number of rotatable bonds is 2. The number of hydrogen-bond acceptors (Lipinski definition) is 2. The van der Waals surface area contributed by atoms with E-state index in [1.807, 2.05) is 4.57 Å². The molecule has 0 bridgehead atoms. The Balaban J connectivity index is 2.26. The number of carboxylic acid groups (broad SMARTS) is 1. The number of imidazole rings is 1. The van der Waals surface area contributed by atoms with Gasteiger partial charge < -0.3 is 9.67 Å². The fraction of sp³-hybridized carbons (Fsp3) is 0.556. The van der Waals surface area contributed by atoms with Crippen LogP contribution in [0.2, 0.25) is 0 Å². The summed E-state index contributed by atoms with van der Waals surface area (Å²) in [7, 11) is 0. The largest absolute Gasteiger partial charge is 0.481 e. The van der Waals surface area contributed by atoms with E-state index in [9.17, 15) is 4.79 Å². The van der Waals surface area contributed by atoms with Gasteiger partial charge in [0.2, 0.25) is 0 Å². The molecule has 0 radical (unpaired) electrons. The van der Waals surface area contributed by atoms with E-state index >= 15 is 0 Å². The van der Waals surface area contributed by atoms with Gasteiger partial charge in [0.25, 0.3) is 0 Å². The first-order chi connectivity index (χ1) is 6.27. The Morgan fingerprint density at radius 3 is 3.23 bits per heavy atom. The second kappa shape index (κ2) is 3.20. The van der Waals surface area contributed by atoms with E-state index in [1.165, 1.54) is 12.1 Å². The van der Waals surface area contributed by atoms with Crippen molar-refractivity contribution < 1.29 is 9.90 Å². The molecule has 2 rings (SSSR count). The quantitative estimate of drug-likeness (QED) is 0.734. The number of aliphatic carboxylic acids is 1. The van der Waals surface area contributed by atoms with Gasteiger partial charge in [-0.25, -0.2) is 4.98 Å². The molecule has 0 spiro atoms. The summed E-state index contributed by atoms with van der Waals surface area (Å²) in [6.45, 7) is 0.929. The Morgan fingerprint density at radius 1 is 1.62 bits per heavy atom. The van der Waals surface area contributed by atoms with Crippen molar-refractivity contribution in [1.82, 2.24) is 9.55 Å². The first-order valence-electron chi connectivity index (χ1n) is 4.52. The van der Waals surface area contributed by atoms with E-state index in [0.717, 1.165) is 19.4 Å². The molecular formula is C9H12N2O2. The molecule has 1 aliphatic rings. The zero-order valence-corrected chi connectivity index (χ0v) is 7.36. The van der Waals surface area contributed by atoms with Gasteiger partial charge in [-0.2, -0.15) is 0 Å². The molecule has 0 fully saturated rings. The van der Waals surface area contributed by atoms with Crippen molar-refractivity contribution in [2.45, 2.75) is 32.2 Å². The van der Waals surface area contributed by atoms with Crippen LogP contribution in [0.15, 0.2) is 6.20 Å². The first kappa shape index (κ1) is 8.29. The van der Waals surface area contributed by atoms with Crippen LogP contribution in [0.3, 0.4) is 0 Å². The summed E-state index contributed by atoms with van der Waals surface area (Å²) in [6, 6.07) is 0. The van der Waals surface area contributed by atoms with Crippen molar-refractivity contribution in [3.8, 4) is 0 Å². The highest BCUT2D eigenvalue weighted by Crippen LogP contribution is 2.16. The van der Waals surface area contributed by atoms with E-state index in [1.54, 1.807) is 6.20 Å². The average Bonchev–Trinajstić information content (AvgIpc) is 2.48. The summed E-state index contributed by atoms with van der Waals surface area (Å²) in [5.74, 6) is -0.110. The van der Waals surface area contributed by atoms with Crippen LogP contribution in [-0.4, -0.2) is 20.6 Å². The number of hydrogen-bond donors (Lipinski definition) is 1. The van der Waals surface area contributed by atoms with Crippen LogP contribution in [0, 0.1) is 0 Å². The Hall–Kier alpha value is -1.32. The molecule has 1 aromatic heterocycles. The van der Waals surface area contributed by atoms with Crippen LogP contribution in [0.1, 0.15) is 24.4 Å². The van der Waals surface area contributed by atoms with Crippen LogP contribution in [0.5, 0.6) is 0 Å². The second-order valence-corrected chi connectivity index (χ2v) is 3.35. The Bertz CT molecular complexity index is 330. The van der Waals surface area contributed by atoms with Gasteiger partial charge in [-0.3, -0.25) is 4.79 Å². The number of fused-ring (bicyclic) bond motifs is 1. The lowest BCUT2D eigenvalue weighted by Gasteiger charge is -2.15.